The molecule has 2 rings (SSSR count). The number of aryl methyl sites for hydroxylation is 1. The van der Waals surface area contributed by atoms with Gasteiger partial charge in [0.15, 0.2) is 0 Å². The summed E-state index contributed by atoms with van der Waals surface area (Å²) < 4.78 is 39.7. The average molecular weight is 301 g/mol. The van der Waals surface area contributed by atoms with Crippen molar-refractivity contribution in [2.45, 2.75) is 17.7 Å². The van der Waals surface area contributed by atoms with Crippen molar-refractivity contribution < 1.29 is 17.9 Å². The minimum absolute atomic E-state index is 0.0819. The molecule has 1 aromatic heterocycles. The number of rotatable bonds is 4. The molecule has 0 saturated heterocycles. The van der Waals surface area contributed by atoms with E-state index in [-0.39, 0.29) is 16.5 Å². The summed E-state index contributed by atoms with van der Waals surface area (Å²) in [4.78, 5) is 0.552. The van der Waals surface area contributed by atoms with Gasteiger partial charge in [0.2, 0.25) is 0 Å². The third kappa shape index (κ3) is 3.31. The second-order valence-corrected chi connectivity index (χ2v) is 7.08. The molecule has 0 saturated carbocycles. The maximum Gasteiger partial charge on any atom is 0.271 e. The lowest BCUT2D eigenvalue weighted by atomic mass is 10.2. The fourth-order valence-corrected chi connectivity index (χ4v) is 3.84. The van der Waals surface area contributed by atoms with Crippen LogP contribution in [0.4, 0.5) is 10.1 Å². The first-order valence-electron chi connectivity index (χ1n) is 5.40. The van der Waals surface area contributed by atoms with Gasteiger partial charge in [0, 0.05) is 4.88 Å². The van der Waals surface area contributed by atoms with Gasteiger partial charge >= 0.3 is 0 Å². The van der Waals surface area contributed by atoms with Crippen LogP contribution in [0.1, 0.15) is 10.4 Å². The molecule has 0 bridgehead atoms. The molecule has 0 atom stereocenters. The number of nitrogens with one attached hydrogen (secondary N) is 1. The first-order chi connectivity index (χ1) is 8.90. The van der Waals surface area contributed by atoms with E-state index in [1.165, 1.54) is 18.2 Å². The van der Waals surface area contributed by atoms with Gasteiger partial charge < -0.3 is 5.11 Å². The summed E-state index contributed by atoms with van der Waals surface area (Å²) in [6.45, 7) is 1.47. The first-order valence-corrected chi connectivity index (χ1v) is 7.70. The Labute approximate surface area is 114 Å². The van der Waals surface area contributed by atoms with E-state index in [2.05, 4.69) is 4.72 Å². The second-order valence-electron chi connectivity index (χ2n) is 4.00. The van der Waals surface area contributed by atoms with E-state index in [0.717, 1.165) is 17.4 Å². The van der Waals surface area contributed by atoms with Crippen LogP contribution in [0.5, 0.6) is 0 Å². The third-order valence-electron chi connectivity index (χ3n) is 2.35. The Hall–Kier alpha value is -1.44. The number of hydrogen-bond donors (Lipinski definition) is 2. The molecule has 1 aromatic carbocycles. The fraction of sp³-hybridized carbons (Fsp3) is 0.167. The van der Waals surface area contributed by atoms with Crippen LogP contribution >= 0.6 is 11.3 Å². The van der Waals surface area contributed by atoms with Gasteiger partial charge in [-0.1, -0.05) is 0 Å². The lowest BCUT2D eigenvalue weighted by Gasteiger charge is -2.07. The molecule has 7 heteroatoms. The van der Waals surface area contributed by atoms with Crippen molar-refractivity contribution in [3.63, 3.8) is 0 Å². The van der Waals surface area contributed by atoms with Gasteiger partial charge in [-0.3, -0.25) is 4.72 Å². The molecule has 2 N–H and O–H groups in total. The van der Waals surface area contributed by atoms with Gasteiger partial charge in [-0.2, -0.15) is 0 Å². The van der Waals surface area contributed by atoms with Crippen LogP contribution in [0.3, 0.4) is 0 Å². The van der Waals surface area contributed by atoms with Crippen molar-refractivity contribution >= 4 is 27.0 Å². The van der Waals surface area contributed by atoms with Crippen LogP contribution in [-0.2, 0) is 16.6 Å². The molecule has 0 spiro atoms. The average Bonchev–Trinajstić information content (AvgIpc) is 2.75. The molecule has 2 aromatic rings. The van der Waals surface area contributed by atoms with Crippen molar-refractivity contribution in [3.8, 4) is 0 Å². The van der Waals surface area contributed by atoms with E-state index in [0.29, 0.717) is 10.4 Å². The van der Waals surface area contributed by atoms with E-state index in [1.807, 2.05) is 0 Å². The number of anilines is 1. The molecule has 0 radical (unpaired) electrons. The van der Waals surface area contributed by atoms with Crippen molar-refractivity contribution in [3.05, 3.63) is 46.6 Å². The van der Waals surface area contributed by atoms with Crippen LogP contribution in [0.25, 0.3) is 0 Å². The highest BCUT2D eigenvalue weighted by molar-refractivity contribution is 7.94. The highest BCUT2D eigenvalue weighted by Crippen LogP contribution is 2.24. The van der Waals surface area contributed by atoms with E-state index in [1.54, 1.807) is 13.0 Å². The Balaban J connectivity index is 2.30. The molecule has 19 heavy (non-hydrogen) atoms. The van der Waals surface area contributed by atoms with E-state index in [9.17, 15) is 12.8 Å². The molecular weight excluding hydrogens is 289 g/mol. The highest BCUT2D eigenvalue weighted by atomic mass is 32.2. The largest absolute Gasteiger partial charge is 0.391 e. The number of thiophene rings is 1. The highest BCUT2D eigenvalue weighted by Gasteiger charge is 2.17. The van der Waals surface area contributed by atoms with Gasteiger partial charge in [-0.15, -0.1) is 11.3 Å². The van der Waals surface area contributed by atoms with Crippen molar-refractivity contribution in [1.29, 1.82) is 0 Å². The predicted octanol–water partition coefficient (Wildman–Crippen LogP) is 2.49. The Morgan fingerprint density at radius 2 is 2.05 bits per heavy atom. The number of aliphatic hydroxyl groups excluding tert-OH is 1. The van der Waals surface area contributed by atoms with Gasteiger partial charge in [0.25, 0.3) is 10.0 Å². The van der Waals surface area contributed by atoms with Crippen LogP contribution in [0.15, 0.2) is 34.5 Å². The third-order valence-corrected chi connectivity index (χ3v) is 5.30. The topological polar surface area (TPSA) is 66.4 Å². The van der Waals surface area contributed by atoms with Gasteiger partial charge in [0.1, 0.15) is 10.0 Å². The van der Waals surface area contributed by atoms with Crippen molar-refractivity contribution in [1.82, 2.24) is 0 Å². The summed E-state index contributed by atoms with van der Waals surface area (Å²) in [5.41, 5.74) is 0.802. The summed E-state index contributed by atoms with van der Waals surface area (Å²) in [5, 5.41) is 8.92. The molecule has 102 valence electrons. The van der Waals surface area contributed by atoms with Crippen molar-refractivity contribution in [2.75, 3.05) is 4.72 Å². The lowest BCUT2D eigenvalue weighted by molar-refractivity contribution is 0.285. The molecule has 1 heterocycles. The summed E-state index contributed by atoms with van der Waals surface area (Å²) in [6, 6.07) is 6.92. The smallest absolute Gasteiger partial charge is 0.271 e. The van der Waals surface area contributed by atoms with E-state index >= 15 is 0 Å². The Morgan fingerprint density at radius 3 is 2.63 bits per heavy atom. The maximum absolute atomic E-state index is 13.2. The van der Waals surface area contributed by atoms with Crippen LogP contribution in [0, 0.1) is 12.7 Å². The quantitative estimate of drug-likeness (QED) is 0.912. The summed E-state index contributed by atoms with van der Waals surface area (Å²) in [7, 11) is -3.75. The normalized spacial score (nSPS) is 11.5. The monoisotopic (exact) mass is 301 g/mol. The van der Waals surface area contributed by atoms with Gasteiger partial charge in [-0.25, -0.2) is 12.8 Å². The van der Waals surface area contributed by atoms with E-state index < -0.39 is 15.8 Å². The van der Waals surface area contributed by atoms with Crippen LogP contribution < -0.4 is 4.72 Å². The van der Waals surface area contributed by atoms with Gasteiger partial charge in [-0.05, 0) is 42.8 Å². The zero-order valence-electron chi connectivity index (χ0n) is 10.1. The lowest BCUT2D eigenvalue weighted by Crippen LogP contribution is -2.11. The standard InChI is InChI=1S/C12H12FNO3S2/c1-8-4-9(13)6-10(5-8)14-19(16,17)12-3-2-11(7-15)18-12/h2-6,14-15H,7H2,1H3. The Kier molecular flexibility index (Phi) is 3.88. The Bertz CT molecular complexity index is 675. The summed E-state index contributed by atoms with van der Waals surface area (Å²) in [5.74, 6) is -0.500. The van der Waals surface area contributed by atoms with Crippen LogP contribution in [0.2, 0.25) is 0 Å². The van der Waals surface area contributed by atoms with Gasteiger partial charge in [0.05, 0.1) is 12.3 Å². The maximum atomic E-state index is 13.2. The minimum atomic E-state index is -3.75. The number of hydrogen-bond acceptors (Lipinski definition) is 4. The minimum Gasteiger partial charge on any atom is -0.391 e. The number of sulfonamides is 1. The predicted molar refractivity (Wildman–Crippen MR) is 72.2 cm³/mol. The molecule has 0 aliphatic rings. The first kappa shape index (κ1) is 14.0. The number of benzene rings is 1. The number of halogens is 1. The molecule has 0 aliphatic heterocycles. The summed E-state index contributed by atoms with van der Waals surface area (Å²) >= 11 is 0.973. The Morgan fingerprint density at radius 1 is 1.32 bits per heavy atom. The molecule has 0 aliphatic carbocycles. The molecular formula is C12H12FNO3S2. The molecule has 0 unspecified atom stereocenters. The SMILES string of the molecule is Cc1cc(F)cc(NS(=O)(=O)c2ccc(CO)s2)c1. The van der Waals surface area contributed by atoms with Crippen LogP contribution in [-0.4, -0.2) is 13.5 Å². The zero-order chi connectivity index (χ0) is 14.0. The molecule has 4 nitrogen and oxygen atoms in total. The van der Waals surface area contributed by atoms with Crippen molar-refractivity contribution in [2.24, 2.45) is 0 Å². The molecule has 0 amide bonds. The summed E-state index contributed by atoms with van der Waals surface area (Å²) in [6.07, 6.45) is 0. The second kappa shape index (κ2) is 5.28. The zero-order valence-corrected chi connectivity index (χ0v) is 11.7. The van der Waals surface area contributed by atoms with E-state index in [4.69, 9.17) is 5.11 Å². The number of aliphatic hydroxyl groups is 1. The molecule has 0 fully saturated rings. The fourth-order valence-electron chi connectivity index (χ4n) is 1.59.